The molecule has 0 radical (unpaired) electrons. The second-order valence-corrected chi connectivity index (χ2v) is 4.09. The molecule has 0 atom stereocenters. The minimum Gasteiger partial charge on any atom is -0.511 e. The van der Waals surface area contributed by atoms with Gasteiger partial charge in [0.05, 0.1) is 17.1 Å². The highest BCUT2D eigenvalue weighted by Crippen LogP contribution is 2.26. The molecule has 1 aliphatic rings. The number of carbonyl (C=O) groups is 1. The van der Waals surface area contributed by atoms with Gasteiger partial charge in [-0.25, -0.2) is 0 Å². The zero-order valence-electron chi connectivity index (χ0n) is 7.56. The predicted molar refractivity (Wildman–Crippen MR) is 58.3 cm³/mol. The van der Waals surface area contributed by atoms with Gasteiger partial charge in [0.15, 0.2) is 5.78 Å². The molecule has 0 aliphatic carbocycles. The van der Waals surface area contributed by atoms with Crippen molar-refractivity contribution in [2.45, 2.75) is 0 Å². The van der Waals surface area contributed by atoms with E-state index >= 15 is 0 Å². The number of ketones is 1. The molecule has 0 bridgehead atoms. The van der Waals surface area contributed by atoms with Crippen LogP contribution in [-0.2, 0) is 4.79 Å². The Labute approximate surface area is 86.6 Å². The number of Topliss-reactive ketones (excluding diaryl/α,β-unsaturated/α-hetero) is 1. The molecule has 3 heteroatoms. The number of allylic oxidation sites excluding steroid dienone is 1. The minimum atomic E-state index is 0.0185. The van der Waals surface area contributed by atoms with Crippen LogP contribution < -0.4 is 0 Å². The molecule has 1 N–H and O–H groups in total. The summed E-state index contributed by atoms with van der Waals surface area (Å²) in [4.78, 5) is 11.6. The smallest absolute Gasteiger partial charge is 0.176 e. The maximum atomic E-state index is 11.6. The van der Waals surface area contributed by atoms with Gasteiger partial charge in [0.2, 0.25) is 0 Å². The van der Waals surface area contributed by atoms with Crippen LogP contribution in [0.1, 0.15) is 5.56 Å². The summed E-state index contributed by atoms with van der Waals surface area (Å²) in [5, 5.41) is 9.63. The van der Waals surface area contributed by atoms with Crippen molar-refractivity contribution < 1.29 is 9.90 Å². The average molecular weight is 206 g/mol. The van der Waals surface area contributed by atoms with Gasteiger partial charge in [-0.2, -0.15) is 0 Å². The van der Waals surface area contributed by atoms with Gasteiger partial charge in [0.1, 0.15) is 5.76 Å². The first-order valence-electron chi connectivity index (χ1n) is 4.37. The van der Waals surface area contributed by atoms with Crippen LogP contribution >= 0.6 is 11.8 Å². The van der Waals surface area contributed by atoms with Crippen LogP contribution in [0.3, 0.4) is 0 Å². The van der Waals surface area contributed by atoms with Crippen LogP contribution in [0.25, 0.3) is 5.57 Å². The molecule has 0 amide bonds. The Bertz CT molecular complexity index is 382. The summed E-state index contributed by atoms with van der Waals surface area (Å²) < 4.78 is 0. The molecule has 2 nitrogen and oxygen atoms in total. The maximum Gasteiger partial charge on any atom is 0.176 e. The first-order valence-corrected chi connectivity index (χ1v) is 5.53. The normalized spacial score (nSPS) is 17.3. The SMILES string of the molecule is O=C1CSCC(O)=C1c1ccccc1. The maximum absolute atomic E-state index is 11.6. The van der Waals surface area contributed by atoms with E-state index in [4.69, 9.17) is 0 Å². The van der Waals surface area contributed by atoms with E-state index in [1.165, 1.54) is 11.8 Å². The standard InChI is InChI=1S/C11H10O2S/c12-9-6-14-7-10(13)11(9)8-4-2-1-3-5-8/h1-5,12H,6-7H2. The largest absolute Gasteiger partial charge is 0.511 e. The van der Waals surface area contributed by atoms with Crippen LogP contribution in [0, 0.1) is 0 Å². The first-order chi connectivity index (χ1) is 6.79. The molecule has 0 unspecified atom stereocenters. The van der Waals surface area contributed by atoms with Crippen LogP contribution in [0.2, 0.25) is 0 Å². The van der Waals surface area contributed by atoms with E-state index in [9.17, 15) is 9.90 Å². The molecule has 1 heterocycles. The van der Waals surface area contributed by atoms with Crippen LogP contribution in [0.4, 0.5) is 0 Å². The van der Waals surface area contributed by atoms with Crippen LogP contribution in [0.5, 0.6) is 0 Å². The van der Waals surface area contributed by atoms with Gasteiger partial charge in [0.25, 0.3) is 0 Å². The molecule has 0 saturated heterocycles. The molecule has 1 aromatic carbocycles. The fourth-order valence-electron chi connectivity index (χ4n) is 1.48. The van der Waals surface area contributed by atoms with E-state index < -0.39 is 0 Å². The highest BCUT2D eigenvalue weighted by Gasteiger charge is 2.21. The van der Waals surface area contributed by atoms with E-state index in [1.807, 2.05) is 30.3 Å². The number of thioether (sulfide) groups is 1. The highest BCUT2D eigenvalue weighted by atomic mass is 32.2. The van der Waals surface area contributed by atoms with Gasteiger partial charge in [-0.1, -0.05) is 30.3 Å². The van der Waals surface area contributed by atoms with Crippen molar-refractivity contribution in [3.05, 3.63) is 41.7 Å². The average Bonchev–Trinajstić information content (AvgIpc) is 2.19. The van der Waals surface area contributed by atoms with Gasteiger partial charge in [-0.05, 0) is 5.56 Å². The summed E-state index contributed by atoms with van der Waals surface area (Å²) in [6.07, 6.45) is 0. The fourth-order valence-corrected chi connectivity index (χ4v) is 2.25. The van der Waals surface area contributed by atoms with Crippen LogP contribution in [-0.4, -0.2) is 22.4 Å². The molecule has 0 fully saturated rings. The van der Waals surface area contributed by atoms with Gasteiger partial charge in [-0.15, -0.1) is 11.8 Å². The molecule has 1 aromatic rings. The topological polar surface area (TPSA) is 37.3 Å². The molecule has 0 saturated carbocycles. The Balaban J connectivity index is 2.46. The van der Waals surface area contributed by atoms with Crippen molar-refractivity contribution >= 4 is 23.1 Å². The van der Waals surface area contributed by atoms with E-state index in [1.54, 1.807) is 0 Å². The second-order valence-electron chi connectivity index (χ2n) is 3.10. The summed E-state index contributed by atoms with van der Waals surface area (Å²) in [5.74, 6) is 1.23. The van der Waals surface area contributed by atoms with Gasteiger partial charge in [-0.3, -0.25) is 4.79 Å². The van der Waals surface area contributed by atoms with Crippen LogP contribution in [0.15, 0.2) is 36.1 Å². The Morgan fingerprint density at radius 3 is 2.50 bits per heavy atom. The number of aliphatic hydroxyl groups excluding tert-OH is 1. The van der Waals surface area contributed by atoms with E-state index in [-0.39, 0.29) is 11.5 Å². The lowest BCUT2D eigenvalue weighted by Gasteiger charge is -2.14. The van der Waals surface area contributed by atoms with Crippen molar-refractivity contribution in [2.75, 3.05) is 11.5 Å². The first kappa shape index (κ1) is 9.34. The molecule has 2 rings (SSSR count). The summed E-state index contributed by atoms with van der Waals surface area (Å²) in [6, 6.07) is 9.32. The van der Waals surface area contributed by atoms with Crippen molar-refractivity contribution in [1.29, 1.82) is 0 Å². The molecule has 14 heavy (non-hydrogen) atoms. The predicted octanol–water partition coefficient (Wildman–Crippen LogP) is 2.27. The van der Waals surface area contributed by atoms with E-state index in [0.29, 0.717) is 17.1 Å². The highest BCUT2D eigenvalue weighted by molar-refractivity contribution is 8.00. The Hall–Kier alpha value is -1.22. The van der Waals surface area contributed by atoms with Gasteiger partial charge >= 0.3 is 0 Å². The molecular weight excluding hydrogens is 196 g/mol. The number of carbonyl (C=O) groups excluding carboxylic acids is 1. The summed E-state index contributed by atoms with van der Waals surface area (Å²) >= 11 is 1.45. The summed E-state index contributed by atoms with van der Waals surface area (Å²) in [5.41, 5.74) is 1.31. The second kappa shape index (κ2) is 3.88. The lowest BCUT2D eigenvalue weighted by Crippen LogP contribution is -2.14. The third-order valence-electron chi connectivity index (χ3n) is 2.10. The fraction of sp³-hybridized carbons (Fsp3) is 0.182. The zero-order chi connectivity index (χ0) is 9.97. The lowest BCUT2D eigenvalue weighted by molar-refractivity contribution is -0.111. The number of hydrogen-bond acceptors (Lipinski definition) is 3. The molecule has 0 aromatic heterocycles. The van der Waals surface area contributed by atoms with Gasteiger partial charge < -0.3 is 5.11 Å². The van der Waals surface area contributed by atoms with E-state index in [0.717, 1.165) is 5.56 Å². The Morgan fingerprint density at radius 2 is 1.86 bits per heavy atom. The number of hydrogen-bond donors (Lipinski definition) is 1. The van der Waals surface area contributed by atoms with Gasteiger partial charge in [0, 0.05) is 0 Å². The quantitative estimate of drug-likeness (QED) is 0.766. The Kier molecular flexibility index (Phi) is 2.59. The van der Waals surface area contributed by atoms with Crippen molar-refractivity contribution in [3.8, 4) is 0 Å². The Morgan fingerprint density at radius 1 is 1.14 bits per heavy atom. The number of rotatable bonds is 1. The lowest BCUT2D eigenvalue weighted by atomic mass is 10.0. The molecular formula is C11H10O2S. The third-order valence-corrected chi connectivity index (χ3v) is 3.05. The molecule has 72 valence electrons. The number of benzene rings is 1. The monoisotopic (exact) mass is 206 g/mol. The van der Waals surface area contributed by atoms with Crippen molar-refractivity contribution in [1.82, 2.24) is 0 Å². The zero-order valence-corrected chi connectivity index (χ0v) is 8.38. The molecule has 1 aliphatic heterocycles. The number of aliphatic hydroxyl groups is 1. The van der Waals surface area contributed by atoms with E-state index in [2.05, 4.69) is 0 Å². The summed E-state index contributed by atoms with van der Waals surface area (Å²) in [7, 11) is 0. The molecule has 0 spiro atoms. The third kappa shape index (κ3) is 1.68. The van der Waals surface area contributed by atoms with Crippen molar-refractivity contribution in [2.24, 2.45) is 0 Å². The summed E-state index contributed by atoms with van der Waals surface area (Å²) in [6.45, 7) is 0. The minimum absolute atomic E-state index is 0.0185. The van der Waals surface area contributed by atoms with Crippen molar-refractivity contribution in [3.63, 3.8) is 0 Å².